The molecular weight excluding hydrogens is 515 g/mol. The SMILES string of the molecule is CCC/C(=C(/Cl)N=C(C)C1CCC(F)(F)CC1)c1ccc(OCc2ccc(C(F)(F)F)cn2)c(OC)c1. The van der Waals surface area contributed by atoms with Crippen molar-refractivity contribution in [1.29, 1.82) is 0 Å². The summed E-state index contributed by atoms with van der Waals surface area (Å²) in [5, 5.41) is 0.307. The second-order valence-corrected chi connectivity index (χ2v) is 9.45. The van der Waals surface area contributed by atoms with Crippen LogP contribution >= 0.6 is 11.6 Å². The summed E-state index contributed by atoms with van der Waals surface area (Å²) in [5.74, 6) is -1.83. The van der Waals surface area contributed by atoms with Crippen LogP contribution < -0.4 is 9.47 Å². The van der Waals surface area contributed by atoms with E-state index in [1.807, 2.05) is 13.8 Å². The Morgan fingerprint density at radius 3 is 2.41 bits per heavy atom. The van der Waals surface area contributed by atoms with E-state index in [9.17, 15) is 22.0 Å². The van der Waals surface area contributed by atoms with Crippen molar-refractivity contribution in [3.63, 3.8) is 0 Å². The summed E-state index contributed by atoms with van der Waals surface area (Å²) in [7, 11) is 1.48. The van der Waals surface area contributed by atoms with Gasteiger partial charge >= 0.3 is 6.18 Å². The van der Waals surface area contributed by atoms with E-state index in [4.69, 9.17) is 21.1 Å². The predicted octanol–water partition coefficient (Wildman–Crippen LogP) is 8.68. The van der Waals surface area contributed by atoms with E-state index in [0.29, 0.717) is 41.6 Å². The second kappa shape index (κ2) is 12.2. The van der Waals surface area contributed by atoms with Crippen molar-refractivity contribution in [2.24, 2.45) is 10.9 Å². The van der Waals surface area contributed by atoms with Gasteiger partial charge < -0.3 is 9.47 Å². The van der Waals surface area contributed by atoms with Crippen molar-refractivity contribution < 1.29 is 31.4 Å². The summed E-state index contributed by atoms with van der Waals surface area (Å²) in [6.07, 6.45) is -1.78. The fourth-order valence-corrected chi connectivity index (χ4v) is 4.53. The van der Waals surface area contributed by atoms with Crippen LogP contribution in [0.5, 0.6) is 11.5 Å². The van der Waals surface area contributed by atoms with Crippen LogP contribution in [0.15, 0.2) is 46.7 Å². The van der Waals surface area contributed by atoms with E-state index < -0.39 is 17.7 Å². The van der Waals surface area contributed by atoms with Gasteiger partial charge in [0.05, 0.1) is 18.4 Å². The molecule has 0 unspecified atom stereocenters. The van der Waals surface area contributed by atoms with Crippen LogP contribution in [-0.4, -0.2) is 23.7 Å². The molecule has 0 radical (unpaired) electrons. The highest BCUT2D eigenvalue weighted by atomic mass is 35.5. The van der Waals surface area contributed by atoms with Gasteiger partial charge in [0.1, 0.15) is 11.8 Å². The summed E-state index contributed by atoms with van der Waals surface area (Å²) in [6.45, 7) is 3.79. The first-order valence-electron chi connectivity index (χ1n) is 12.1. The van der Waals surface area contributed by atoms with Gasteiger partial charge in [-0.15, -0.1) is 0 Å². The molecular formula is C27H30ClF5N2O2. The molecule has 37 heavy (non-hydrogen) atoms. The van der Waals surface area contributed by atoms with Crippen LogP contribution in [-0.2, 0) is 12.8 Å². The zero-order valence-corrected chi connectivity index (χ0v) is 21.7. The first-order valence-corrected chi connectivity index (χ1v) is 12.5. The first kappa shape index (κ1) is 28.9. The number of aromatic nitrogens is 1. The molecule has 10 heteroatoms. The summed E-state index contributed by atoms with van der Waals surface area (Å²) in [4.78, 5) is 8.39. The number of hydrogen-bond donors (Lipinski definition) is 0. The van der Waals surface area contributed by atoms with Gasteiger partial charge in [-0.05, 0) is 67.5 Å². The minimum Gasteiger partial charge on any atom is -0.493 e. The summed E-state index contributed by atoms with van der Waals surface area (Å²) in [5.41, 5.74) is 1.81. The Hall–Kier alpha value is -2.68. The third-order valence-electron chi connectivity index (χ3n) is 6.37. The lowest BCUT2D eigenvalue weighted by molar-refractivity contribution is -0.137. The third kappa shape index (κ3) is 7.90. The Balaban J connectivity index is 1.78. The van der Waals surface area contributed by atoms with Gasteiger partial charge in [0.15, 0.2) is 11.5 Å². The molecule has 0 aliphatic heterocycles. The lowest BCUT2D eigenvalue weighted by atomic mass is 9.84. The Morgan fingerprint density at radius 1 is 1.14 bits per heavy atom. The molecule has 2 aromatic rings. The van der Waals surface area contributed by atoms with Crippen LogP contribution in [0.1, 0.15) is 69.2 Å². The van der Waals surface area contributed by atoms with Crippen molar-refractivity contribution in [2.45, 2.75) is 71.1 Å². The number of allylic oxidation sites excluding steroid dienone is 1. The molecule has 202 valence electrons. The molecule has 1 fully saturated rings. The molecule has 1 aromatic carbocycles. The number of rotatable bonds is 9. The van der Waals surface area contributed by atoms with Crippen LogP contribution in [0.2, 0.25) is 0 Å². The quantitative estimate of drug-likeness (QED) is 0.180. The van der Waals surface area contributed by atoms with Gasteiger partial charge in [-0.3, -0.25) is 4.98 Å². The maximum atomic E-state index is 13.5. The number of halogens is 6. The summed E-state index contributed by atoms with van der Waals surface area (Å²) < 4.78 is 76.5. The Kier molecular flexibility index (Phi) is 9.56. The number of methoxy groups -OCH3 is 1. The average molecular weight is 545 g/mol. The van der Waals surface area contributed by atoms with E-state index in [0.717, 1.165) is 35.5 Å². The van der Waals surface area contributed by atoms with E-state index in [1.54, 1.807) is 18.2 Å². The number of pyridine rings is 1. The van der Waals surface area contributed by atoms with E-state index in [-0.39, 0.29) is 25.4 Å². The van der Waals surface area contributed by atoms with Gasteiger partial charge in [0.25, 0.3) is 0 Å². The smallest absolute Gasteiger partial charge is 0.417 e. The Labute approximate surface area is 218 Å². The molecule has 0 bridgehead atoms. The van der Waals surface area contributed by atoms with Crippen LogP contribution in [0.25, 0.3) is 5.57 Å². The molecule has 0 N–H and O–H groups in total. The molecule has 0 spiro atoms. The monoisotopic (exact) mass is 544 g/mol. The number of aliphatic imine (C=N–C) groups is 1. The number of ether oxygens (including phenoxy) is 2. The van der Waals surface area contributed by atoms with E-state index >= 15 is 0 Å². The molecule has 1 aliphatic carbocycles. The number of alkyl halides is 5. The summed E-state index contributed by atoms with van der Waals surface area (Å²) >= 11 is 6.64. The number of benzene rings is 1. The van der Waals surface area contributed by atoms with Gasteiger partial charge in [0.2, 0.25) is 5.92 Å². The zero-order valence-electron chi connectivity index (χ0n) is 21.0. The Bertz CT molecular complexity index is 1120. The molecule has 1 aliphatic rings. The van der Waals surface area contributed by atoms with Crippen molar-refractivity contribution in [1.82, 2.24) is 4.98 Å². The normalized spacial score (nSPS) is 17.4. The fourth-order valence-electron chi connectivity index (χ4n) is 4.19. The average Bonchev–Trinajstić information content (AvgIpc) is 2.85. The minimum atomic E-state index is -4.45. The molecule has 0 saturated heterocycles. The molecule has 4 nitrogen and oxygen atoms in total. The molecule has 3 rings (SSSR count). The molecule has 0 atom stereocenters. The van der Waals surface area contributed by atoms with E-state index in [1.165, 1.54) is 13.2 Å². The van der Waals surface area contributed by atoms with Gasteiger partial charge in [-0.2, -0.15) is 13.2 Å². The van der Waals surface area contributed by atoms with Crippen LogP contribution in [0, 0.1) is 5.92 Å². The van der Waals surface area contributed by atoms with Crippen molar-refractivity contribution in [2.75, 3.05) is 7.11 Å². The van der Waals surface area contributed by atoms with Crippen LogP contribution in [0.3, 0.4) is 0 Å². The van der Waals surface area contributed by atoms with Crippen molar-refractivity contribution >= 4 is 22.9 Å². The lowest BCUT2D eigenvalue weighted by Crippen LogP contribution is -2.27. The maximum absolute atomic E-state index is 13.5. The van der Waals surface area contributed by atoms with Gasteiger partial charge in [-0.25, -0.2) is 13.8 Å². The molecule has 0 amide bonds. The van der Waals surface area contributed by atoms with E-state index in [2.05, 4.69) is 9.98 Å². The van der Waals surface area contributed by atoms with Crippen molar-refractivity contribution in [3.8, 4) is 11.5 Å². The van der Waals surface area contributed by atoms with Gasteiger partial charge in [-0.1, -0.05) is 31.0 Å². The standard InChI is InChI=1S/C27H30ClF5N2O2/c1-4-5-22(25(28)35-17(2)18-10-12-26(29,30)13-11-18)19-6-9-23(24(14-19)36-3)37-16-21-8-7-20(15-34-21)27(31,32)33/h6-9,14-15,18H,4-5,10-13,16H2,1-3H3/b25-22+,35-17?. The maximum Gasteiger partial charge on any atom is 0.417 e. The largest absolute Gasteiger partial charge is 0.493 e. The van der Waals surface area contributed by atoms with Crippen molar-refractivity contribution in [3.05, 3.63) is 58.5 Å². The first-order chi connectivity index (χ1) is 17.4. The number of hydrogen-bond acceptors (Lipinski definition) is 4. The van der Waals surface area contributed by atoms with Gasteiger partial charge in [0, 0.05) is 24.8 Å². The fraction of sp³-hybridized carbons (Fsp3) is 0.481. The minimum absolute atomic E-state index is 0.0274. The second-order valence-electron chi connectivity index (χ2n) is 9.09. The zero-order chi connectivity index (χ0) is 27.2. The molecule has 1 saturated carbocycles. The highest BCUT2D eigenvalue weighted by molar-refractivity contribution is 6.33. The number of nitrogens with zero attached hydrogens (tertiary/aromatic N) is 2. The highest BCUT2D eigenvalue weighted by Gasteiger charge is 2.35. The molecule has 1 aromatic heterocycles. The third-order valence-corrected chi connectivity index (χ3v) is 6.68. The lowest BCUT2D eigenvalue weighted by Gasteiger charge is -2.28. The Morgan fingerprint density at radius 2 is 1.84 bits per heavy atom. The predicted molar refractivity (Wildman–Crippen MR) is 134 cm³/mol. The highest BCUT2D eigenvalue weighted by Crippen LogP contribution is 2.38. The topological polar surface area (TPSA) is 43.7 Å². The molecule has 1 heterocycles. The summed E-state index contributed by atoms with van der Waals surface area (Å²) in [6, 6.07) is 7.47. The van der Waals surface area contributed by atoms with Crippen LogP contribution in [0.4, 0.5) is 22.0 Å².